The summed E-state index contributed by atoms with van der Waals surface area (Å²) in [4.78, 5) is 9.55. The lowest BCUT2D eigenvalue weighted by molar-refractivity contribution is 0.0919. The Morgan fingerprint density at radius 3 is 2.87 bits per heavy atom. The lowest BCUT2D eigenvalue weighted by atomic mass is 10.1. The third kappa shape index (κ3) is 3.57. The molecule has 1 aromatic carbocycles. The monoisotopic (exact) mass is 315 g/mol. The second kappa shape index (κ2) is 6.99. The maximum Gasteiger partial charge on any atom is 0.106 e. The van der Waals surface area contributed by atoms with E-state index in [1.807, 2.05) is 0 Å². The number of aromatic nitrogens is 2. The molecular weight excluding hydrogens is 286 g/mol. The summed E-state index contributed by atoms with van der Waals surface area (Å²) in [5.41, 5.74) is 2.32. The van der Waals surface area contributed by atoms with E-state index in [1.54, 1.807) is 0 Å². The van der Waals surface area contributed by atoms with Crippen molar-refractivity contribution in [2.75, 3.05) is 40.3 Å². The van der Waals surface area contributed by atoms with E-state index < -0.39 is 0 Å². The molecule has 3 rings (SSSR count). The van der Waals surface area contributed by atoms with Gasteiger partial charge in [0.25, 0.3) is 0 Å². The molecule has 2 unspecified atom stereocenters. The quantitative estimate of drug-likeness (QED) is 0.909. The number of hydrogen-bond donors (Lipinski definition) is 1. The van der Waals surface area contributed by atoms with E-state index in [1.165, 1.54) is 12.1 Å². The Morgan fingerprint density at radius 2 is 2.04 bits per heavy atom. The highest BCUT2D eigenvalue weighted by molar-refractivity contribution is 5.75. The highest BCUT2D eigenvalue weighted by Gasteiger charge is 2.26. The zero-order chi connectivity index (χ0) is 16.4. The van der Waals surface area contributed by atoms with Gasteiger partial charge in [-0.2, -0.15) is 0 Å². The van der Waals surface area contributed by atoms with Crippen LogP contribution in [-0.2, 0) is 6.54 Å². The molecule has 1 aliphatic rings. The van der Waals surface area contributed by atoms with Crippen LogP contribution >= 0.6 is 0 Å². The maximum atomic E-state index is 4.64. The van der Waals surface area contributed by atoms with Crippen molar-refractivity contribution in [3.05, 3.63) is 30.1 Å². The standard InChI is InChI=1S/C18H29N5/c1-14(18-13-21(3)11-12-22(18)4)19-9-10-23-15(2)20-16-7-5-6-8-17(16)23/h5-8,14,18-19H,9-13H2,1-4H3. The number of fused-ring (bicyclic) bond motifs is 1. The van der Waals surface area contributed by atoms with Gasteiger partial charge in [0.05, 0.1) is 11.0 Å². The van der Waals surface area contributed by atoms with Crippen molar-refractivity contribution in [2.24, 2.45) is 0 Å². The van der Waals surface area contributed by atoms with Gasteiger partial charge >= 0.3 is 0 Å². The van der Waals surface area contributed by atoms with Crippen LogP contribution < -0.4 is 5.32 Å². The molecule has 2 atom stereocenters. The number of piperazine rings is 1. The summed E-state index contributed by atoms with van der Waals surface area (Å²) in [6.45, 7) is 9.78. The lowest BCUT2D eigenvalue weighted by Gasteiger charge is -2.41. The number of imidazole rings is 1. The minimum Gasteiger partial charge on any atom is -0.327 e. The summed E-state index contributed by atoms with van der Waals surface area (Å²) < 4.78 is 2.31. The van der Waals surface area contributed by atoms with Gasteiger partial charge in [-0.1, -0.05) is 12.1 Å². The topological polar surface area (TPSA) is 36.3 Å². The first kappa shape index (κ1) is 16.4. The molecule has 0 amide bonds. The predicted molar refractivity (Wildman–Crippen MR) is 95.8 cm³/mol. The summed E-state index contributed by atoms with van der Waals surface area (Å²) in [6, 6.07) is 9.44. The van der Waals surface area contributed by atoms with Crippen LogP contribution in [0, 0.1) is 6.92 Å². The van der Waals surface area contributed by atoms with Gasteiger partial charge in [-0.05, 0) is 40.1 Å². The average molecular weight is 315 g/mol. The van der Waals surface area contributed by atoms with Gasteiger partial charge in [0.1, 0.15) is 5.82 Å². The number of hydrogen-bond acceptors (Lipinski definition) is 4. The molecule has 2 aromatic rings. The molecule has 1 N–H and O–H groups in total. The highest BCUT2D eigenvalue weighted by Crippen LogP contribution is 2.15. The van der Waals surface area contributed by atoms with Crippen LogP contribution in [0.15, 0.2) is 24.3 Å². The largest absolute Gasteiger partial charge is 0.327 e. The van der Waals surface area contributed by atoms with Crippen LogP contribution in [0.5, 0.6) is 0 Å². The highest BCUT2D eigenvalue weighted by atomic mass is 15.3. The first-order valence-corrected chi connectivity index (χ1v) is 8.60. The van der Waals surface area contributed by atoms with Crippen molar-refractivity contribution in [3.8, 4) is 0 Å². The average Bonchev–Trinajstić information content (AvgIpc) is 2.85. The van der Waals surface area contributed by atoms with E-state index in [4.69, 9.17) is 0 Å². The molecule has 0 aliphatic carbocycles. The second-order valence-electron chi connectivity index (χ2n) is 6.85. The summed E-state index contributed by atoms with van der Waals surface area (Å²) in [7, 11) is 4.46. The molecule has 1 aliphatic heterocycles. The lowest BCUT2D eigenvalue weighted by Crippen LogP contribution is -2.57. The number of aryl methyl sites for hydroxylation is 1. The molecular formula is C18H29N5. The van der Waals surface area contributed by atoms with E-state index in [0.717, 1.165) is 37.5 Å². The van der Waals surface area contributed by atoms with E-state index in [0.29, 0.717) is 12.1 Å². The molecule has 126 valence electrons. The van der Waals surface area contributed by atoms with Crippen LogP contribution in [0.3, 0.4) is 0 Å². The zero-order valence-electron chi connectivity index (χ0n) is 14.8. The Bertz CT molecular complexity index is 650. The predicted octanol–water partition coefficient (Wildman–Crippen LogP) is 1.57. The minimum absolute atomic E-state index is 0.484. The van der Waals surface area contributed by atoms with Crippen LogP contribution in [0.2, 0.25) is 0 Å². The van der Waals surface area contributed by atoms with Crippen molar-refractivity contribution in [1.82, 2.24) is 24.7 Å². The molecule has 2 heterocycles. The number of benzene rings is 1. The normalized spacial score (nSPS) is 21.8. The molecule has 5 nitrogen and oxygen atoms in total. The Balaban J connectivity index is 1.59. The number of nitrogens with one attached hydrogen (secondary N) is 1. The Hall–Kier alpha value is -1.43. The van der Waals surface area contributed by atoms with Crippen LogP contribution in [-0.4, -0.2) is 71.7 Å². The van der Waals surface area contributed by atoms with Gasteiger partial charge in [0.2, 0.25) is 0 Å². The first-order valence-electron chi connectivity index (χ1n) is 8.60. The van der Waals surface area contributed by atoms with Crippen molar-refractivity contribution in [2.45, 2.75) is 32.5 Å². The van der Waals surface area contributed by atoms with Crippen LogP contribution in [0.25, 0.3) is 11.0 Å². The fraction of sp³-hybridized carbons (Fsp3) is 0.611. The van der Waals surface area contributed by atoms with Gasteiger partial charge in [0, 0.05) is 44.8 Å². The van der Waals surface area contributed by atoms with Crippen molar-refractivity contribution < 1.29 is 0 Å². The summed E-state index contributed by atoms with van der Waals surface area (Å²) in [5.74, 6) is 1.09. The van der Waals surface area contributed by atoms with Crippen LogP contribution in [0.1, 0.15) is 12.7 Å². The van der Waals surface area contributed by atoms with Crippen molar-refractivity contribution in [1.29, 1.82) is 0 Å². The molecule has 1 fully saturated rings. The summed E-state index contributed by atoms with van der Waals surface area (Å²) in [6.07, 6.45) is 0. The minimum atomic E-state index is 0.484. The number of rotatable bonds is 5. The van der Waals surface area contributed by atoms with Gasteiger partial charge < -0.3 is 14.8 Å². The fourth-order valence-electron chi connectivity index (χ4n) is 3.60. The second-order valence-corrected chi connectivity index (χ2v) is 6.85. The fourth-order valence-corrected chi connectivity index (χ4v) is 3.60. The molecule has 1 aromatic heterocycles. The first-order chi connectivity index (χ1) is 11.1. The van der Waals surface area contributed by atoms with Gasteiger partial charge in [-0.15, -0.1) is 0 Å². The van der Waals surface area contributed by atoms with Gasteiger partial charge in [-0.25, -0.2) is 4.98 Å². The van der Waals surface area contributed by atoms with Gasteiger partial charge in [0.15, 0.2) is 0 Å². The molecule has 0 spiro atoms. The van der Waals surface area contributed by atoms with E-state index in [9.17, 15) is 0 Å². The molecule has 0 bridgehead atoms. The van der Waals surface area contributed by atoms with E-state index >= 15 is 0 Å². The molecule has 0 radical (unpaired) electrons. The summed E-state index contributed by atoms with van der Waals surface area (Å²) in [5, 5.41) is 3.72. The zero-order valence-corrected chi connectivity index (χ0v) is 14.8. The maximum absolute atomic E-state index is 4.64. The van der Waals surface area contributed by atoms with Crippen molar-refractivity contribution in [3.63, 3.8) is 0 Å². The molecule has 23 heavy (non-hydrogen) atoms. The molecule has 1 saturated heterocycles. The Morgan fingerprint density at radius 1 is 1.26 bits per heavy atom. The van der Waals surface area contributed by atoms with Crippen molar-refractivity contribution >= 4 is 11.0 Å². The third-order valence-corrected chi connectivity index (χ3v) is 5.12. The molecule has 5 heteroatoms. The van der Waals surface area contributed by atoms with Gasteiger partial charge in [-0.3, -0.25) is 4.90 Å². The van der Waals surface area contributed by atoms with E-state index in [-0.39, 0.29) is 0 Å². The number of para-hydroxylation sites is 2. The van der Waals surface area contributed by atoms with Crippen LogP contribution in [0.4, 0.5) is 0 Å². The molecule has 0 saturated carbocycles. The SMILES string of the molecule is Cc1nc2ccccc2n1CCNC(C)C1CN(C)CCN1C. The Labute approximate surface area is 139 Å². The van der Waals surface area contributed by atoms with E-state index in [2.05, 4.69) is 76.9 Å². The smallest absolute Gasteiger partial charge is 0.106 e. The number of likely N-dealkylation sites (N-methyl/N-ethyl adjacent to an activating group) is 2. The Kier molecular flexibility index (Phi) is 4.99. The number of nitrogens with zero attached hydrogens (tertiary/aromatic N) is 4. The summed E-state index contributed by atoms with van der Waals surface area (Å²) >= 11 is 0. The third-order valence-electron chi connectivity index (χ3n) is 5.12.